The van der Waals surface area contributed by atoms with Crippen LogP contribution in [0.15, 0.2) is 79.1 Å². The average molecular weight is 451 g/mol. The zero-order valence-corrected chi connectivity index (χ0v) is 19.6. The van der Waals surface area contributed by atoms with Crippen molar-refractivity contribution in [2.75, 3.05) is 18.4 Å². The van der Waals surface area contributed by atoms with E-state index >= 15 is 0 Å². The number of nitrogens with one attached hydrogen (secondary N) is 1. The Bertz CT molecular complexity index is 1290. The molecule has 1 aliphatic rings. The van der Waals surface area contributed by atoms with Gasteiger partial charge in [-0.15, -0.1) is 0 Å². The molecule has 34 heavy (non-hydrogen) atoms. The van der Waals surface area contributed by atoms with Gasteiger partial charge in [0.05, 0.1) is 17.8 Å². The normalized spacial score (nSPS) is 15.9. The van der Waals surface area contributed by atoms with Gasteiger partial charge in [-0.1, -0.05) is 24.3 Å². The molecule has 1 saturated heterocycles. The third kappa shape index (κ3) is 5.09. The van der Waals surface area contributed by atoms with E-state index in [4.69, 9.17) is 0 Å². The van der Waals surface area contributed by atoms with E-state index in [-0.39, 0.29) is 5.91 Å². The van der Waals surface area contributed by atoms with Crippen LogP contribution in [0.25, 0.3) is 10.9 Å². The number of piperidine rings is 1. The minimum absolute atomic E-state index is 0.119. The van der Waals surface area contributed by atoms with Crippen LogP contribution in [0.2, 0.25) is 0 Å². The molecule has 172 valence electrons. The van der Waals surface area contributed by atoms with Crippen LogP contribution >= 0.6 is 0 Å². The van der Waals surface area contributed by atoms with E-state index in [0.717, 1.165) is 60.4 Å². The molecule has 5 nitrogen and oxygen atoms in total. The van der Waals surface area contributed by atoms with Crippen LogP contribution in [0, 0.1) is 12.8 Å². The zero-order valence-electron chi connectivity index (χ0n) is 19.6. The molecule has 0 radical (unpaired) electrons. The maximum atomic E-state index is 13.4. The fourth-order valence-corrected chi connectivity index (χ4v) is 4.82. The molecule has 1 amide bonds. The number of anilines is 1. The molecule has 1 N–H and O–H groups in total. The number of nitrogens with zero attached hydrogens (tertiary/aromatic N) is 3. The van der Waals surface area contributed by atoms with Crippen molar-refractivity contribution in [1.82, 2.24) is 14.9 Å². The van der Waals surface area contributed by atoms with Gasteiger partial charge in [-0.3, -0.25) is 14.8 Å². The Labute approximate surface area is 200 Å². The number of pyridine rings is 2. The second-order valence-corrected chi connectivity index (χ2v) is 9.20. The maximum Gasteiger partial charge on any atom is 0.253 e. The van der Waals surface area contributed by atoms with Gasteiger partial charge in [0.15, 0.2) is 0 Å². The molecule has 0 saturated carbocycles. The summed E-state index contributed by atoms with van der Waals surface area (Å²) in [7, 11) is 0. The highest BCUT2D eigenvalue weighted by atomic mass is 16.2. The first-order chi connectivity index (χ1) is 16.7. The van der Waals surface area contributed by atoms with Gasteiger partial charge in [0.1, 0.15) is 0 Å². The highest BCUT2D eigenvalue weighted by molar-refractivity contribution is 5.95. The molecule has 3 heterocycles. The Morgan fingerprint density at radius 1 is 1.03 bits per heavy atom. The molecular formula is C29H30N4O. The van der Waals surface area contributed by atoms with Gasteiger partial charge in [0.2, 0.25) is 0 Å². The van der Waals surface area contributed by atoms with Crippen LogP contribution in [0.5, 0.6) is 0 Å². The lowest BCUT2D eigenvalue weighted by Gasteiger charge is -2.33. The lowest BCUT2D eigenvalue weighted by molar-refractivity contribution is 0.0673. The van der Waals surface area contributed by atoms with Gasteiger partial charge in [0, 0.05) is 42.1 Å². The zero-order chi connectivity index (χ0) is 23.3. The Hall–Kier alpha value is -3.73. The second kappa shape index (κ2) is 10.0. The molecule has 1 aliphatic heterocycles. The number of benzene rings is 2. The number of aromatic nitrogens is 2. The number of carbonyl (C=O) groups is 1. The minimum Gasteiger partial charge on any atom is -0.379 e. The number of rotatable bonds is 6. The van der Waals surface area contributed by atoms with E-state index < -0.39 is 0 Å². The van der Waals surface area contributed by atoms with Crippen LogP contribution in [-0.4, -0.2) is 33.9 Å². The third-order valence-electron chi connectivity index (χ3n) is 6.67. The van der Waals surface area contributed by atoms with Crippen molar-refractivity contribution < 1.29 is 4.79 Å². The first-order valence-electron chi connectivity index (χ1n) is 12.0. The number of hydrogen-bond donors (Lipinski definition) is 1. The lowest BCUT2D eigenvalue weighted by Crippen LogP contribution is -2.40. The standard InChI is InChI=1S/C29H30N4O/c1-21-9-11-25(18-28(21)32-19-26-8-2-3-13-30-26)29(34)33-15-5-6-23(20-33)16-22-10-12-27-24(17-22)7-4-14-31-27/h2-4,7-14,17-18,23,32H,5-6,15-16,19-20H2,1H3/t23-/m1/s1. The van der Waals surface area contributed by atoms with Gasteiger partial charge < -0.3 is 10.2 Å². The minimum atomic E-state index is 0.119. The van der Waals surface area contributed by atoms with Crippen LogP contribution < -0.4 is 5.32 Å². The van der Waals surface area contributed by atoms with Crippen LogP contribution in [-0.2, 0) is 13.0 Å². The van der Waals surface area contributed by atoms with Crippen LogP contribution in [0.1, 0.15) is 40.0 Å². The predicted molar refractivity (Wildman–Crippen MR) is 137 cm³/mol. The van der Waals surface area contributed by atoms with E-state index in [1.54, 1.807) is 6.20 Å². The Morgan fingerprint density at radius 2 is 1.94 bits per heavy atom. The summed E-state index contributed by atoms with van der Waals surface area (Å²) in [4.78, 5) is 24.2. The van der Waals surface area contributed by atoms with Crippen molar-refractivity contribution in [3.8, 4) is 0 Å². The number of hydrogen-bond acceptors (Lipinski definition) is 4. The molecule has 2 aromatic carbocycles. The molecule has 0 bridgehead atoms. The van der Waals surface area contributed by atoms with Crippen molar-refractivity contribution in [2.45, 2.75) is 32.7 Å². The number of fused-ring (bicyclic) bond motifs is 1. The molecule has 5 rings (SSSR count). The van der Waals surface area contributed by atoms with Gasteiger partial charge >= 0.3 is 0 Å². The van der Waals surface area contributed by atoms with Gasteiger partial charge in [-0.25, -0.2) is 0 Å². The highest BCUT2D eigenvalue weighted by Gasteiger charge is 2.25. The molecule has 2 aromatic heterocycles. The van der Waals surface area contributed by atoms with Crippen LogP contribution in [0.3, 0.4) is 0 Å². The summed E-state index contributed by atoms with van der Waals surface area (Å²) in [6.45, 7) is 4.31. The molecule has 0 spiro atoms. The first-order valence-corrected chi connectivity index (χ1v) is 12.0. The van der Waals surface area contributed by atoms with Crippen molar-refractivity contribution in [1.29, 1.82) is 0 Å². The molecule has 5 heteroatoms. The predicted octanol–water partition coefficient (Wildman–Crippen LogP) is 5.65. The van der Waals surface area contributed by atoms with E-state index in [2.05, 4.69) is 46.5 Å². The van der Waals surface area contributed by atoms with Gasteiger partial charge in [-0.05, 0) is 85.7 Å². The van der Waals surface area contributed by atoms with Crippen molar-refractivity contribution in [3.05, 3.63) is 102 Å². The van der Waals surface area contributed by atoms with Crippen LogP contribution in [0.4, 0.5) is 5.69 Å². The highest BCUT2D eigenvalue weighted by Crippen LogP contribution is 2.25. The molecule has 1 fully saturated rings. The fourth-order valence-electron chi connectivity index (χ4n) is 4.82. The van der Waals surface area contributed by atoms with Crippen molar-refractivity contribution >= 4 is 22.5 Å². The Kier molecular flexibility index (Phi) is 6.52. The topological polar surface area (TPSA) is 58.1 Å². The summed E-state index contributed by atoms with van der Waals surface area (Å²) in [6.07, 6.45) is 6.81. The maximum absolute atomic E-state index is 13.4. The summed E-state index contributed by atoms with van der Waals surface area (Å²) in [5.74, 6) is 0.590. The lowest BCUT2D eigenvalue weighted by atomic mass is 9.90. The van der Waals surface area contributed by atoms with E-state index in [1.807, 2.05) is 53.6 Å². The summed E-state index contributed by atoms with van der Waals surface area (Å²) < 4.78 is 0. The van der Waals surface area contributed by atoms with Crippen molar-refractivity contribution in [3.63, 3.8) is 0 Å². The summed E-state index contributed by atoms with van der Waals surface area (Å²) in [5.41, 5.74) is 6.16. The molecule has 1 atom stereocenters. The number of aryl methyl sites for hydroxylation is 1. The third-order valence-corrected chi connectivity index (χ3v) is 6.67. The monoisotopic (exact) mass is 450 g/mol. The van der Waals surface area contributed by atoms with E-state index in [1.165, 1.54) is 10.9 Å². The summed E-state index contributed by atoms with van der Waals surface area (Å²) in [5, 5.41) is 4.62. The molecule has 4 aromatic rings. The SMILES string of the molecule is Cc1ccc(C(=O)N2CCC[C@H](Cc3ccc4ncccc4c3)C2)cc1NCc1ccccn1. The van der Waals surface area contributed by atoms with E-state index in [0.29, 0.717) is 12.5 Å². The quantitative estimate of drug-likeness (QED) is 0.413. The Morgan fingerprint density at radius 3 is 2.82 bits per heavy atom. The fraction of sp³-hybridized carbons (Fsp3) is 0.276. The van der Waals surface area contributed by atoms with Crippen molar-refractivity contribution in [2.24, 2.45) is 5.92 Å². The molecule has 0 aliphatic carbocycles. The molecule has 0 unspecified atom stereocenters. The number of carbonyl (C=O) groups excluding carboxylic acids is 1. The number of likely N-dealkylation sites (tertiary alicyclic amines) is 1. The largest absolute Gasteiger partial charge is 0.379 e. The average Bonchev–Trinajstić information content (AvgIpc) is 2.88. The second-order valence-electron chi connectivity index (χ2n) is 9.20. The first kappa shape index (κ1) is 22.1. The molecular weight excluding hydrogens is 420 g/mol. The number of amides is 1. The van der Waals surface area contributed by atoms with Gasteiger partial charge in [0.25, 0.3) is 5.91 Å². The Balaban J connectivity index is 1.25. The smallest absolute Gasteiger partial charge is 0.253 e. The van der Waals surface area contributed by atoms with Gasteiger partial charge in [-0.2, -0.15) is 0 Å². The summed E-state index contributed by atoms with van der Waals surface area (Å²) >= 11 is 0. The summed E-state index contributed by atoms with van der Waals surface area (Å²) in [6, 6.07) is 22.5. The van der Waals surface area contributed by atoms with E-state index in [9.17, 15) is 4.79 Å².